The van der Waals surface area contributed by atoms with Crippen LogP contribution in [-0.4, -0.2) is 61.7 Å². The Morgan fingerprint density at radius 1 is 1.42 bits per heavy atom. The summed E-state index contributed by atoms with van der Waals surface area (Å²) in [6.07, 6.45) is 0.414. The molecule has 0 saturated carbocycles. The highest BCUT2D eigenvalue weighted by molar-refractivity contribution is 4.81. The Hall–Kier alpha value is -0.160. The first kappa shape index (κ1) is 8.44. The van der Waals surface area contributed by atoms with Gasteiger partial charge >= 0.3 is 0 Å². The molecule has 0 radical (unpaired) electrons. The summed E-state index contributed by atoms with van der Waals surface area (Å²) >= 11 is 0. The number of hydrogen-bond acceptors (Lipinski definition) is 4. The molecule has 12 heavy (non-hydrogen) atoms. The van der Waals surface area contributed by atoms with Crippen LogP contribution in [0.5, 0.6) is 0 Å². The van der Waals surface area contributed by atoms with Crippen LogP contribution in [0.4, 0.5) is 0 Å². The maximum atomic E-state index is 9.03. The summed E-state index contributed by atoms with van der Waals surface area (Å²) in [5.74, 6) is 0. The van der Waals surface area contributed by atoms with Crippen LogP contribution in [0.25, 0.3) is 0 Å². The van der Waals surface area contributed by atoms with Crippen molar-refractivity contribution in [3.63, 3.8) is 0 Å². The molecule has 0 spiro atoms. The number of morpholine rings is 1. The Labute approximate surface area is 72.1 Å². The summed E-state index contributed by atoms with van der Waals surface area (Å²) in [5.41, 5.74) is 0. The zero-order chi connectivity index (χ0) is 8.39. The molecule has 2 fully saturated rings. The highest BCUT2D eigenvalue weighted by Crippen LogP contribution is 2.14. The fourth-order valence-corrected chi connectivity index (χ4v) is 1.53. The van der Waals surface area contributed by atoms with E-state index < -0.39 is 0 Å². The van der Waals surface area contributed by atoms with Gasteiger partial charge < -0.3 is 14.6 Å². The third-order valence-electron chi connectivity index (χ3n) is 2.40. The molecule has 4 nitrogen and oxygen atoms in total. The lowest BCUT2D eigenvalue weighted by Crippen LogP contribution is -2.48. The van der Waals surface area contributed by atoms with Gasteiger partial charge in [0.15, 0.2) is 0 Å². The van der Waals surface area contributed by atoms with Gasteiger partial charge in [0.25, 0.3) is 0 Å². The van der Waals surface area contributed by atoms with E-state index in [9.17, 15) is 0 Å². The average Bonchev–Trinajstić information content (AvgIpc) is 2.89. The van der Waals surface area contributed by atoms with Gasteiger partial charge in [-0.15, -0.1) is 0 Å². The molecule has 1 unspecified atom stereocenters. The zero-order valence-corrected chi connectivity index (χ0v) is 7.11. The Bertz CT molecular complexity index is 149. The summed E-state index contributed by atoms with van der Waals surface area (Å²) in [5, 5.41) is 9.03. The van der Waals surface area contributed by atoms with E-state index in [0.717, 1.165) is 26.3 Å². The topological polar surface area (TPSA) is 45.2 Å². The first-order valence-corrected chi connectivity index (χ1v) is 4.44. The Morgan fingerprint density at radius 3 is 2.92 bits per heavy atom. The molecule has 1 N–H and O–H groups in total. The summed E-state index contributed by atoms with van der Waals surface area (Å²) < 4.78 is 10.4. The number of nitrogens with zero attached hydrogens (tertiary/aromatic N) is 1. The van der Waals surface area contributed by atoms with E-state index in [1.165, 1.54) is 0 Å². The lowest BCUT2D eigenvalue weighted by molar-refractivity contribution is -0.0294. The molecule has 0 bridgehead atoms. The monoisotopic (exact) mass is 173 g/mol. The molecule has 0 aliphatic carbocycles. The van der Waals surface area contributed by atoms with Crippen molar-refractivity contribution >= 4 is 0 Å². The van der Waals surface area contributed by atoms with Gasteiger partial charge in [-0.2, -0.15) is 0 Å². The standard InChI is InChI=1S/C8H15NO3/c10-4-7-5-11-2-1-9(7)3-8-6-12-8/h7-8,10H,1-6H2/t7?,8-/m0/s1. The fraction of sp³-hybridized carbons (Fsp3) is 1.00. The van der Waals surface area contributed by atoms with E-state index in [0.29, 0.717) is 12.7 Å². The minimum atomic E-state index is 0.183. The van der Waals surface area contributed by atoms with Crippen molar-refractivity contribution in [1.82, 2.24) is 4.90 Å². The highest BCUT2D eigenvalue weighted by atomic mass is 16.6. The van der Waals surface area contributed by atoms with Crippen LogP contribution in [0.1, 0.15) is 0 Å². The van der Waals surface area contributed by atoms with E-state index >= 15 is 0 Å². The van der Waals surface area contributed by atoms with Crippen molar-refractivity contribution < 1.29 is 14.6 Å². The molecule has 0 aromatic heterocycles. The second kappa shape index (κ2) is 3.70. The van der Waals surface area contributed by atoms with Crippen LogP contribution in [0, 0.1) is 0 Å². The molecule has 70 valence electrons. The number of hydrogen-bond donors (Lipinski definition) is 1. The van der Waals surface area contributed by atoms with Gasteiger partial charge in [0.1, 0.15) is 0 Å². The van der Waals surface area contributed by atoms with Crippen molar-refractivity contribution in [2.45, 2.75) is 12.1 Å². The summed E-state index contributed by atoms with van der Waals surface area (Å²) in [7, 11) is 0. The lowest BCUT2D eigenvalue weighted by atomic mass is 10.2. The largest absolute Gasteiger partial charge is 0.395 e. The molecule has 0 aromatic rings. The molecule has 2 saturated heterocycles. The number of rotatable bonds is 3. The zero-order valence-electron chi connectivity index (χ0n) is 7.11. The van der Waals surface area contributed by atoms with Gasteiger partial charge in [0.05, 0.1) is 38.6 Å². The maximum Gasteiger partial charge on any atom is 0.0936 e. The Kier molecular flexibility index (Phi) is 2.60. The second-order valence-electron chi connectivity index (χ2n) is 3.36. The van der Waals surface area contributed by atoms with E-state index in [2.05, 4.69) is 4.90 Å². The predicted molar refractivity (Wildman–Crippen MR) is 43.0 cm³/mol. The maximum absolute atomic E-state index is 9.03. The molecule has 2 aliphatic rings. The highest BCUT2D eigenvalue weighted by Gasteiger charge is 2.30. The van der Waals surface area contributed by atoms with Crippen LogP contribution in [-0.2, 0) is 9.47 Å². The molecular weight excluding hydrogens is 158 g/mol. The quantitative estimate of drug-likeness (QED) is 0.561. The van der Waals surface area contributed by atoms with Crippen molar-refractivity contribution in [3.8, 4) is 0 Å². The predicted octanol–water partition coefficient (Wildman–Crippen LogP) is -0.922. The van der Waals surface area contributed by atoms with Crippen molar-refractivity contribution in [3.05, 3.63) is 0 Å². The van der Waals surface area contributed by atoms with E-state index in [1.54, 1.807) is 0 Å². The summed E-state index contributed by atoms with van der Waals surface area (Å²) in [6.45, 7) is 4.38. The van der Waals surface area contributed by atoms with Gasteiger partial charge in [-0.05, 0) is 0 Å². The van der Waals surface area contributed by atoms with Crippen LogP contribution in [0.2, 0.25) is 0 Å². The molecule has 2 atom stereocenters. The number of ether oxygens (including phenoxy) is 2. The Morgan fingerprint density at radius 2 is 2.25 bits per heavy atom. The van der Waals surface area contributed by atoms with Gasteiger partial charge in [0, 0.05) is 13.1 Å². The van der Waals surface area contributed by atoms with Crippen LogP contribution < -0.4 is 0 Å². The van der Waals surface area contributed by atoms with Crippen LogP contribution in [0.15, 0.2) is 0 Å². The lowest BCUT2D eigenvalue weighted by Gasteiger charge is -2.33. The smallest absolute Gasteiger partial charge is 0.0936 e. The third kappa shape index (κ3) is 1.95. The molecule has 4 heteroatoms. The fourth-order valence-electron chi connectivity index (χ4n) is 1.53. The first-order chi connectivity index (χ1) is 5.90. The van der Waals surface area contributed by atoms with Crippen molar-refractivity contribution in [2.75, 3.05) is 39.5 Å². The van der Waals surface area contributed by atoms with Crippen molar-refractivity contribution in [2.24, 2.45) is 0 Å². The van der Waals surface area contributed by atoms with Crippen molar-refractivity contribution in [1.29, 1.82) is 0 Å². The summed E-state index contributed by atoms with van der Waals surface area (Å²) in [6, 6.07) is 0.183. The molecule has 0 amide bonds. The minimum absolute atomic E-state index is 0.183. The van der Waals surface area contributed by atoms with E-state index in [1.807, 2.05) is 0 Å². The van der Waals surface area contributed by atoms with Crippen LogP contribution >= 0.6 is 0 Å². The average molecular weight is 173 g/mol. The first-order valence-electron chi connectivity index (χ1n) is 4.44. The molecule has 2 heterocycles. The Balaban J connectivity index is 1.81. The van der Waals surface area contributed by atoms with E-state index in [-0.39, 0.29) is 12.6 Å². The van der Waals surface area contributed by atoms with Gasteiger partial charge in [-0.1, -0.05) is 0 Å². The SMILES string of the molecule is OCC1COCCN1C[C@H]1CO1. The normalized spacial score (nSPS) is 36.8. The van der Waals surface area contributed by atoms with Crippen LogP contribution in [0.3, 0.4) is 0 Å². The number of aliphatic hydroxyl groups is 1. The number of epoxide rings is 1. The summed E-state index contributed by atoms with van der Waals surface area (Å²) in [4.78, 5) is 2.25. The van der Waals surface area contributed by atoms with E-state index in [4.69, 9.17) is 14.6 Å². The number of aliphatic hydroxyl groups excluding tert-OH is 1. The van der Waals surface area contributed by atoms with Gasteiger partial charge in [-0.3, -0.25) is 4.90 Å². The minimum Gasteiger partial charge on any atom is -0.395 e. The van der Waals surface area contributed by atoms with Gasteiger partial charge in [0.2, 0.25) is 0 Å². The third-order valence-corrected chi connectivity index (χ3v) is 2.40. The molecule has 0 aromatic carbocycles. The molecular formula is C8H15NO3. The van der Waals surface area contributed by atoms with Gasteiger partial charge in [-0.25, -0.2) is 0 Å². The molecule has 2 rings (SSSR count). The second-order valence-corrected chi connectivity index (χ2v) is 3.36. The molecule has 2 aliphatic heterocycles.